The fourth-order valence-corrected chi connectivity index (χ4v) is 3.85. The van der Waals surface area contributed by atoms with Crippen LogP contribution in [0.4, 0.5) is 0 Å². The lowest BCUT2D eigenvalue weighted by molar-refractivity contribution is -0.126. The van der Waals surface area contributed by atoms with Crippen molar-refractivity contribution in [1.82, 2.24) is 10.2 Å². The SMILES string of the molecule is O=C1C[C@@H](C(=O)NCC(O)c2ccccc2)N(C(=O)c2ccc(-c3ccccc3)cc2)C1. The highest BCUT2D eigenvalue weighted by atomic mass is 16.3. The highest BCUT2D eigenvalue weighted by Crippen LogP contribution is 2.22. The van der Waals surface area contributed by atoms with E-state index in [1.54, 1.807) is 36.4 Å². The van der Waals surface area contributed by atoms with Crippen LogP contribution in [0.25, 0.3) is 11.1 Å². The summed E-state index contributed by atoms with van der Waals surface area (Å²) in [6.45, 7) is -0.0973. The molecule has 1 unspecified atom stereocenters. The van der Waals surface area contributed by atoms with Crippen molar-refractivity contribution < 1.29 is 19.5 Å². The maximum absolute atomic E-state index is 13.1. The number of hydrogen-bond donors (Lipinski definition) is 2. The largest absolute Gasteiger partial charge is 0.387 e. The maximum atomic E-state index is 13.1. The Bertz CT molecular complexity index is 1100. The van der Waals surface area contributed by atoms with Gasteiger partial charge < -0.3 is 15.3 Å². The van der Waals surface area contributed by atoms with Crippen molar-refractivity contribution in [2.75, 3.05) is 13.1 Å². The second-order valence-corrected chi connectivity index (χ2v) is 7.81. The number of benzene rings is 3. The molecule has 0 saturated carbocycles. The van der Waals surface area contributed by atoms with Gasteiger partial charge >= 0.3 is 0 Å². The smallest absolute Gasteiger partial charge is 0.254 e. The molecule has 1 saturated heterocycles. The lowest BCUT2D eigenvalue weighted by atomic mass is 10.0. The minimum atomic E-state index is -0.883. The van der Waals surface area contributed by atoms with Gasteiger partial charge in [-0.25, -0.2) is 0 Å². The molecule has 6 heteroatoms. The van der Waals surface area contributed by atoms with Crippen molar-refractivity contribution in [3.8, 4) is 11.1 Å². The number of aliphatic hydroxyl groups is 1. The van der Waals surface area contributed by atoms with Gasteiger partial charge in [0.25, 0.3) is 5.91 Å². The number of carbonyl (C=O) groups is 3. The minimum absolute atomic E-state index is 0.00133. The molecule has 0 bridgehead atoms. The Labute approximate surface area is 186 Å². The Hall–Kier alpha value is -3.77. The van der Waals surface area contributed by atoms with E-state index in [4.69, 9.17) is 0 Å². The van der Waals surface area contributed by atoms with Crippen LogP contribution >= 0.6 is 0 Å². The first-order valence-corrected chi connectivity index (χ1v) is 10.5. The number of Topliss-reactive ketones (excluding diaryl/α,β-unsaturated/α-hetero) is 1. The van der Waals surface area contributed by atoms with Crippen LogP contribution in [-0.4, -0.2) is 46.7 Å². The van der Waals surface area contributed by atoms with Crippen molar-refractivity contribution in [3.63, 3.8) is 0 Å². The molecular formula is C26H24N2O4. The number of hydrogen-bond acceptors (Lipinski definition) is 4. The number of nitrogens with zero attached hydrogens (tertiary/aromatic N) is 1. The molecule has 1 aliphatic heterocycles. The summed E-state index contributed by atoms with van der Waals surface area (Å²) >= 11 is 0. The molecule has 3 aromatic carbocycles. The summed E-state index contributed by atoms with van der Waals surface area (Å²) in [5.41, 5.74) is 3.11. The van der Waals surface area contributed by atoms with Gasteiger partial charge in [0.2, 0.25) is 5.91 Å². The third kappa shape index (κ3) is 4.76. The van der Waals surface area contributed by atoms with Gasteiger partial charge in [-0.3, -0.25) is 14.4 Å². The van der Waals surface area contributed by atoms with Crippen molar-refractivity contribution in [2.24, 2.45) is 0 Å². The van der Waals surface area contributed by atoms with Crippen molar-refractivity contribution in [3.05, 3.63) is 96.1 Å². The number of likely N-dealkylation sites (tertiary alicyclic amines) is 1. The van der Waals surface area contributed by atoms with E-state index in [2.05, 4.69) is 5.32 Å². The predicted molar refractivity (Wildman–Crippen MR) is 121 cm³/mol. The zero-order valence-electron chi connectivity index (χ0n) is 17.5. The first-order valence-electron chi connectivity index (χ1n) is 10.5. The number of carbonyl (C=O) groups excluding carboxylic acids is 3. The van der Waals surface area contributed by atoms with E-state index >= 15 is 0 Å². The summed E-state index contributed by atoms with van der Waals surface area (Å²) in [4.78, 5) is 39.2. The first-order chi connectivity index (χ1) is 15.5. The quantitative estimate of drug-likeness (QED) is 0.632. The Balaban J connectivity index is 1.43. The minimum Gasteiger partial charge on any atom is -0.387 e. The van der Waals surface area contributed by atoms with Crippen molar-refractivity contribution in [1.29, 1.82) is 0 Å². The van der Waals surface area contributed by atoms with Crippen molar-refractivity contribution in [2.45, 2.75) is 18.6 Å². The summed E-state index contributed by atoms with van der Waals surface area (Å²) in [5.74, 6) is -0.970. The second-order valence-electron chi connectivity index (χ2n) is 7.81. The second kappa shape index (κ2) is 9.58. The molecule has 0 spiro atoms. The molecule has 32 heavy (non-hydrogen) atoms. The van der Waals surface area contributed by atoms with Gasteiger partial charge in [-0.1, -0.05) is 72.8 Å². The maximum Gasteiger partial charge on any atom is 0.254 e. The predicted octanol–water partition coefficient (Wildman–Crippen LogP) is 2.99. The van der Waals surface area contributed by atoms with E-state index in [9.17, 15) is 19.5 Å². The number of aliphatic hydroxyl groups excluding tert-OH is 1. The molecule has 1 heterocycles. The van der Waals surface area contributed by atoms with Gasteiger partial charge in [0, 0.05) is 18.5 Å². The number of nitrogens with one attached hydrogen (secondary N) is 1. The van der Waals surface area contributed by atoms with E-state index in [1.807, 2.05) is 48.5 Å². The number of rotatable bonds is 6. The molecule has 0 aromatic heterocycles. The van der Waals surface area contributed by atoms with Crippen LogP contribution in [0.3, 0.4) is 0 Å². The molecule has 2 N–H and O–H groups in total. The monoisotopic (exact) mass is 428 g/mol. The molecule has 4 rings (SSSR count). The molecule has 6 nitrogen and oxygen atoms in total. The van der Waals surface area contributed by atoms with Gasteiger partial charge in [0.1, 0.15) is 6.04 Å². The summed E-state index contributed by atoms with van der Waals surface area (Å²) in [5, 5.41) is 13.0. The standard InChI is InChI=1S/C26H24N2O4/c29-22-15-23(25(31)27-16-24(30)20-9-5-2-6-10-20)28(17-22)26(32)21-13-11-19(12-14-21)18-7-3-1-4-8-18/h1-14,23-24,30H,15-17H2,(H,27,31)/t23-,24?/m0/s1. The fraction of sp³-hybridized carbons (Fsp3) is 0.192. The Morgan fingerprint density at radius 2 is 1.50 bits per heavy atom. The summed E-state index contributed by atoms with van der Waals surface area (Å²) in [6, 6.07) is 25.0. The van der Waals surface area contributed by atoms with Gasteiger partial charge in [0.05, 0.1) is 12.6 Å². The molecule has 162 valence electrons. The van der Waals surface area contributed by atoms with Gasteiger partial charge in [-0.15, -0.1) is 0 Å². The third-order valence-corrected chi connectivity index (χ3v) is 5.60. The van der Waals surface area contributed by atoms with E-state index in [-0.39, 0.29) is 31.2 Å². The lowest BCUT2D eigenvalue weighted by Gasteiger charge is -2.24. The molecule has 0 radical (unpaired) electrons. The van der Waals surface area contributed by atoms with Crippen LogP contribution in [0, 0.1) is 0 Å². The fourth-order valence-electron chi connectivity index (χ4n) is 3.85. The lowest BCUT2D eigenvalue weighted by Crippen LogP contribution is -2.46. The Kier molecular flexibility index (Phi) is 6.42. The average Bonchev–Trinajstić information content (AvgIpc) is 3.24. The first kappa shape index (κ1) is 21.5. The van der Waals surface area contributed by atoms with Crippen LogP contribution in [0.5, 0.6) is 0 Å². The molecule has 3 aromatic rings. The molecule has 2 amide bonds. The molecule has 2 atom stereocenters. The van der Waals surface area contributed by atoms with Crippen molar-refractivity contribution >= 4 is 17.6 Å². The zero-order valence-corrected chi connectivity index (χ0v) is 17.5. The van der Waals surface area contributed by atoms with E-state index in [0.717, 1.165) is 11.1 Å². The number of amides is 2. The third-order valence-electron chi connectivity index (χ3n) is 5.60. The van der Waals surface area contributed by atoms with Gasteiger partial charge in [-0.05, 0) is 28.8 Å². The summed E-state index contributed by atoms with van der Waals surface area (Å²) in [6.07, 6.45) is -0.895. The normalized spacial score (nSPS) is 16.6. The van der Waals surface area contributed by atoms with Crippen LogP contribution in [0.1, 0.15) is 28.4 Å². The highest BCUT2D eigenvalue weighted by molar-refractivity contribution is 6.04. The molecule has 1 fully saturated rings. The molecular weight excluding hydrogens is 404 g/mol. The van der Waals surface area contributed by atoms with E-state index < -0.39 is 18.1 Å². The Morgan fingerprint density at radius 1 is 0.906 bits per heavy atom. The molecule has 0 aliphatic carbocycles. The number of ketones is 1. The summed E-state index contributed by atoms with van der Waals surface area (Å²) in [7, 11) is 0. The zero-order chi connectivity index (χ0) is 22.5. The van der Waals surface area contributed by atoms with Crippen LogP contribution in [0.15, 0.2) is 84.9 Å². The summed E-state index contributed by atoms with van der Waals surface area (Å²) < 4.78 is 0. The Morgan fingerprint density at radius 3 is 2.16 bits per heavy atom. The van der Waals surface area contributed by atoms with Crippen LogP contribution < -0.4 is 5.32 Å². The topological polar surface area (TPSA) is 86.7 Å². The van der Waals surface area contributed by atoms with Gasteiger partial charge in [0.15, 0.2) is 5.78 Å². The average molecular weight is 428 g/mol. The highest BCUT2D eigenvalue weighted by Gasteiger charge is 2.39. The van der Waals surface area contributed by atoms with Gasteiger partial charge in [-0.2, -0.15) is 0 Å². The molecule has 1 aliphatic rings. The van der Waals surface area contributed by atoms with Crippen LogP contribution in [0.2, 0.25) is 0 Å². The van der Waals surface area contributed by atoms with E-state index in [1.165, 1.54) is 4.90 Å². The van der Waals surface area contributed by atoms with E-state index in [0.29, 0.717) is 11.1 Å². The van der Waals surface area contributed by atoms with Crippen LogP contribution in [-0.2, 0) is 9.59 Å².